The summed E-state index contributed by atoms with van der Waals surface area (Å²) < 4.78 is 46.6. The number of ether oxygens (including phenoxy) is 1. The highest BCUT2D eigenvalue weighted by molar-refractivity contribution is 6.02. The molecule has 0 radical (unpaired) electrons. The third kappa shape index (κ3) is 8.44. The highest BCUT2D eigenvalue weighted by Crippen LogP contribution is 2.36. The zero-order chi connectivity index (χ0) is 31.9. The lowest BCUT2D eigenvalue weighted by atomic mass is 10.1. The van der Waals surface area contributed by atoms with Gasteiger partial charge >= 0.3 is 12.2 Å². The minimum absolute atomic E-state index is 0.0555. The van der Waals surface area contributed by atoms with E-state index in [0.29, 0.717) is 58.6 Å². The molecule has 4 rings (SSSR count). The first-order valence-corrected chi connectivity index (χ1v) is 14.2. The van der Waals surface area contributed by atoms with E-state index in [9.17, 15) is 18.0 Å². The number of alkyl halides is 3. The quantitative estimate of drug-likeness (QED) is 0.185. The van der Waals surface area contributed by atoms with Gasteiger partial charge in [0, 0.05) is 38.1 Å². The number of urea groups is 1. The fraction of sp³-hybridized carbons (Fsp3) is 0.312. The summed E-state index contributed by atoms with van der Waals surface area (Å²) in [5.41, 5.74) is 2.21. The van der Waals surface area contributed by atoms with E-state index >= 15 is 0 Å². The van der Waals surface area contributed by atoms with E-state index in [2.05, 4.69) is 25.6 Å². The number of nitrogens with zero attached hydrogens (tertiary/aromatic N) is 5. The zero-order valence-electron chi connectivity index (χ0n) is 25.4. The number of anilines is 3. The lowest BCUT2D eigenvalue weighted by molar-refractivity contribution is -0.137. The van der Waals surface area contributed by atoms with Crippen molar-refractivity contribution >= 4 is 23.1 Å². The van der Waals surface area contributed by atoms with Gasteiger partial charge in [-0.15, -0.1) is 0 Å². The Morgan fingerprint density at radius 3 is 2.45 bits per heavy atom. The Hall–Kier alpha value is -4.71. The summed E-state index contributed by atoms with van der Waals surface area (Å²) in [5, 5.41) is 5.32. The topological polar surface area (TPSA) is 95.5 Å². The third-order valence-electron chi connectivity index (χ3n) is 6.79. The number of aromatic nitrogens is 3. The van der Waals surface area contributed by atoms with Crippen molar-refractivity contribution in [2.45, 2.75) is 32.9 Å². The fourth-order valence-corrected chi connectivity index (χ4v) is 4.51. The molecule has 4 aromatic rings. The van der Waals surface area contributed by atoms with Gasteiger partial charge in [0.05, 0.1) is 28.2 Å². The monoisotopic (exact) mass is 607 g/mol. The van der Waals surface area contributed by atoms with E-state index in [-0.39, 0.29) is 5.69 Å². The van der Waals surface area contributed by atoms with Crippen molar-refractivity contribution in [3.63, 3.8) is 0 Å². The van der Waals surface area contributed by atoms with Crippen LogP contribution in [0.2, 0.25) is 0 Å². The van der Waals surface area contributed by atoms with Crippen LogP contribution in [0.1, 0.15) is 30.3 Å². The van der Waals surface area contributed by atoms with Crippen molar-refractivity contribution < 1.29 is 22.7 Å². The number of pyridine rings is 1. The summed E-state index contributed by atoms with van der Waals surface area (Å²) in [4.78, 5) is 30.0. The van der Waals surface area contributed by atoms with Gasteiger partial charge < -0.3 is 25.2 Å². The molecule has 0 atom stereocenters. The minimum atomic E-state index is -4.55. The first-order valence-electron chi connectivity index (χ1n) is 14.2. The van der Waals surface area contributed by atoms with Gasteiger partial charge in [-0.3, -0.25) is 0 Å². The van der Waals surface area contributed by atoms with Crippen LogP contribution in [0.25, 0.3) is 11.3 Å². The summed E-state index contributed by atoms with van der Waals surface area (Å²) in [7, 11) is 5.69. The number of aryl methyl sites for hydroxylation is 2. The lowest BCUT2D eigenvalue weighted by Crippen LogP contribution is -2.26. The second-order valence-corrected chi connectivity index (χ2v) is 10.5. The average molecular weight is 608 g/mol. The van der Waals surface area contributed by atoms with Gasteiger partial charge in [-0.25, -0.2) is 19.7 Å². The van der Waals surface area contributed by atoms with Gasteiger partial charge in [0.25, 0.3) is 0 Å². The van der Waals surface area contributed by atoms with Crippen LogP contribution in [0, 0.1) is 6.92 Å². The van der Waals surface area contributed by atoms with E-state index < -0.39 is 17.8 Å². The maximum Gasteiger partial charge on any atom is 0.416 e. The first-order chi connectivity index (χ1) is 20.9. The number of hydrogen-bond donors (Lipinski definition) is 2. The predicted molar refractivity (Wildman–Crippen MR) is 166 cm³/mol. The van der Waals surface area contributed by atoms with Crippen molar-refractivity contribution in [1.82, 2.24) is 19.9 Å². The molecular weight excluding hydrogens is 571 g/mol. The van der Waals surface area contributed by atoms with E-state index in [1.165, 1.54) is 6.07 Å². The van der Waals surface area contributed by atoms with E-state index in [0.717, 1.165) is 25.1 Å². The standard InChI is InChI=1S/C32H36F3N7O2/c1-6-29-36-16-14-25(39-29)24-9-7-15-37-30(24)44-28-13-11-23(19-21(28)2)38-31(43)40-26-20-22(32(33,34)35)10-12-27(26)42(5)18-8-17-41(3)4/h7,9-16,19-20H,6,8,17-18H2,1-5H3,(H2,38,40,43). The summed E-state index contributed by atoms with van der Waals surface area (Å²) in [6.45, 7) is 5.20. The van der Waals surface area contributed by atoms with Crippen molar-refractivity contribution in [2.75, 3.05) is 49.8 Å². The first kappa shape index (κ1) is 32.2. The molecule has 0 fully saturated rings. The van der Waals surface area contributed by atoms with Gasteiger partial charge in [-0.2, -0.15) is 13.2 Å². The molecule has 2 heterocycles. The number of halogens is 3. The number of benzene rings is 2. The molecule has 0 aliphatic rings. The van der Waals surface area contributed by atoms with E-state index in [1.807, 2.05) is 43.8 Å². The van der Waals surface area contributed by atoms with E-state index in [1.54, 1.807) is 49.8 Å². The highest BCUT2D eigenvalue weighted by atomic mass is 19.4. The molecule has 44 heavy (non-hydrogen) atoms. The minimum Gasteiger partial charge on any atom is -0.438 e. The maximum absolute atomic E-state index is 13.5. The largest absolute Gasteiger partial charge is 0.438 e. The maximum atomic E-state index is 13.5. The van der Waals surface area contributed by atoms with Gasteiger partial charge in [-0.05, 0) is 94.1 Å². The summed E-state index contributed by atoms with van der Waals surface area (Å²) >= 11 is 0. The van der Waals surface area contributed by atoms with Crippen molar-refractivity contribution in [3.8, 4) is 22.9 Å². The fourth-order valence-electron chi connectivity index (χ4n) is 4.51. The third-order valence-corrected chi connectivity index (χ3v) is 6.79. The molecule has 2 amide bonds. The second kappa shape index (κ2) is 14.2. The Bertz CT molecular complexity index is 1590. The Kier molecular flexibility index (Phi) is 10.4. The molecule has 0 saturated carbocycles. The Morgan fingerprint density at radius 2 is 1.75 bits per heavy atom. The predicted octanol–water partition coefficient (Wildman–Crippen LogP) is 7.25. The van der Waals surface area contributed by atoms with Crippen LogP contribution in [0.15, 0.2) is 67.0 Å². The van der Waals surface area contributed by atoms with Gasteiger partial charge in [0.15, 0.2) is 0 Å². The summed E-state index contributed by atoms with van der Waals surface area (Å²) in [6, 6.07) is 13.2. The molecule has 0 unspecified atom stereocenters. The molecule has 2 aromatic carbocycles. The van der Waals surface area contributed by atoms with Crippen LogP contribution < -0.4 is 20.3 Å². The highest BCUT2D eigenvalue weighted by Gasteiger charge is 2.31. The molecule has 0 saturated heterocycles. The summed E-state index contributed by atoms with van der Waals surface area (Å²) in [6.07, 6.45) is 0.246. The Balaban J connectivity index is 1.50. The lowest BCUT2D eigenvalue weighted by Gasteiger charge is -2.24. The van der Waals surface area contributed by atoms with Crippen molar-refractivity contribution in [1.29, 1.82) is 0 Å². The molecule has 12 heteroatoms. The van der Waals surface area contributed by atoms with E-state index in [4.69, 9.17) is 4.74 Å². The van der Waals surface area contributed by atoms with Crippen LogP contribution in [-0.4, -0.2) is 60.1 Å². The normalized spacial score (nSPS) is 11.4. The summed E-state index contributed by atoms with van der Waals surface area (Å²) in [5.74, 6) is 1.58. The van der Waals surface area contributed by atoms with Gasteiger partial charge in [-0.1, -0.05) is 6.92 Å². The Morgan fingerprint density at radius 1 is 0.955 bits per heavy atom. The van der Waals surface area contributed by atoms with Crippen molar-refractivity contribution in [3.05, 3.63) is 83.9 Å². The molecule has 0 aliphatic carbocycles. The molecule has 0 aliphatic heterocycles. The molecule has 0 spiro atoms. The number of nitrogens with one attached hydrogen (secondary N) is 2. The van der Waals surface area contributed by atoms with Crippen LogP contribution in [-0.2, 0) is 12.6 Å². The van der Waals surface area contributed by atoms with Crippen LogP contribution in [0.5, 0.6) is 11.6 Å². The average Bonchev–Trinajstić information content (AvgIpc) is 2.98. The smallest absolute Gasteiger partial charge is 0.416 e. The van der Waals surface area contributed by atoms with Crippen LogP contribution in [0.3, 0.4) is 0 Å². The number of carbonyl (C=O) groups is 1. The number of amides is 2. The SMILES string of the molecule is CCc1nccc(-c2cccnc2Oc2ccc(NC(=O)Nc3cc(C(F)(F)F)ccc3N(C)CCCN(C)C)cc2C)n1. The van der Waals surface area contributed by atoms with Gasteiger partial charge in [0.1, 0.15) is 11.6 Å². The molecular formula is C32H36F3N7O2. The zero-order valence-corrected chi connectivity index (χ0v) is 25.4. The van der Waals surface area contributed by atoms with Crippen molar-refractivity contribution in [2.24, 2.45) is 0 Å². The molecule has 232 valence electrons. The number of hydrogen-bond acceptors (Lipinski definition) is 7. The second-order valence-electron chi connectivity index (χ2n) is 10.5. The van der Waals surface area contributed by atoms with Gasteiger partial charge in [0.2, 0.25) is 5.88 Å². The molecule has 2 aromatic heterocycles. The molecule has 9 nitrogen and oxygen atoms in total. The van der Waals surface area contributed by atoms with Crippen LogP contribution in [0.4, 0.5) is 35.0 Å². The van der Waals surface area contributed by atoms with Crippen LogP contribution >= 0.6 is 0 Å². The molecule has 0 bridgehead atoms. The number of rotatable bonds is 11. The number of carbonyl (C=O) groups excluding carboxylic acids is 1. The molecule has 2 N–H and O–H groups in total. The Labute approximate surface area is 255 Å².